The molecule has 3 aromatic carbocycles. The van der Waals surface area contributed by atoms with E-state index in [9.17, 15) is 14.7 Å². The zero-order valence-electron chi connectivity index (χ0n) is 26.0. The van der Waals surface area contributed by atoms with Gasteiger partial charge in [0.1, 0.15) is 19.0 Å². The van der Waals surface area contributed by atoms with E-state index in [0.29, 0.717) is 71.6 Å². The number of carbonyl (C=O) groups is 2. The fourth-order valence-corrected chi connectivity index (χ4v) is 6.81. The van der Waals surface area contributed by atoms with Crippen molar-refractivity contribution in [1.82, 2.24) is 4.98 Å². The number of benzene rings is 3. The van der Waals surface area contributed by atoms with Gasteiger partial charge in [0.05, 0.1) is 35.0 Å². The van der Waals surface area contributed by atoms with Crippen LogP contribution in [0.15, 0.2) is 54.1 Å². The van der Waals surface area contributed by atoms with Crippen LogP contribution >= 0.6 is 11.3 Å². The molecule has 1 atom stereocenters. The van der Waals surface area contributed by atoms with Gasteiger partial charge in [0.2, 0.25) is 0 Å². The first-order chi connectivity index (χ1) is 21.7. The Kier molecular flexibility index (Phi) is 8.42. The third kappa shape index (κ3) is 5.82. The molecule has 1 amide bonds. The SMILES string of the molecule is CCOc1cc(C2/C(=C(/O)c3ccc4c(c3)OCCO4)C(=O)C(=O)N2c2nc3c(C)cc(C)cc3s2)ccc1OCCC(C)C. The number of ketones is 1. The number of hydrogen-bond acceptors (Lipinski definition) is 9. The van der Waals surface area contributed by atoms with E-state index in [2.05, 4.69) is 13.8 Å². The van der Waals surface area contributed by atoms with Gasteiger partial charge in [0.25, 0.3) is 5.78 Å². The van der Waals surface area contributed by atoms with Gasteiger partial charge in [-0.15, -0.1) is 0 Å². The number of aliphatic hydroxyl groups is 1. The molecule has 2 aliphatic rings. The number of nitrogens with zero attached hydrogens (tertiary/aromatic N) is 2. The van der Waals surface area contributed by atoms with Crippen LogP contribution in [-0.4, -0.2) is 48.2 Å². The van der Waals surface area contributed by atoms with Crippen molar-refractivity contribution >= 4 is 44.1 Å². The highest BCUT2D eigenvalue weighted by atomic mass is 32.1. The molecule has 0 spiro atoms. The number of hydrogen-bond donors (Lipinski definition) is 1. The molecule has 2 aliphatic heterocycles. The molecule has 6 rings (SSSR count). The Hall–Kier alpha value is -4.57. The van der Waals surface area contributed by atoms with Crippen molar-refractivity contribution in [3.05, 3.63) is 76.4 Å². The monoisotopic (exact) mass is 628 g/mol. The Balaban J connectivity index is 1.51. The number of carbonyl (C=O) groups excluding carboxylic acids is 2. The Morgan fingerprint density at radius 3 is 2.56 bits per heavy atom. The summed E-state index contributed by atoms with van der Waals surface area (Å²) in [5.41, 5.74) is 3.65. The van der Waals surface area contributed by atoms with Crippen LogP contribution in [0.3, 0.4) is 0 Å². The van der Waals surface area contributed by atoms with Gasteiger partial charge in [-0.1, -0.05) is 37.3 Å². The molecule has 9 nitrogen and oxygen atoms in total. The fourth-order valence-electron chi connectivity index (χ4n) is 5.64. The maximum absolute atomic E-state index is 13.9. The summed E-state index contributed by atoms with van der Waals surface area (Å²) >= 11 is 1.33. The molecule has 0 saturated carbocycles. The van der Waals surface area contributed by atoms with Gasteiger partial charge in [0, 0.05) is 5.56 Å². The molecule has 1 saturated heterocycles. The second kappa shape index (κ2) is 12.4. The van der Waals surface area contributed by atoms with Crippen molar-refractivity contribution < 1.29 is 33.6 Å². The van der Waals surface area contributed by atoms with Crippen LogP contribution in [0, 0.1) is 19.8 Å². The van der Waals surface area contributed by atoms with E-state index >= 15 is 0 Å². The third-order valence-corrected chi connectivity index (χ3v) is 8.82. The van der Waals surface area contributed by atoms with Gasteiger partial charge in [-0.3, -0.25) is 14.5 Å². The maximum atomic E-state index is 13.9. The quantitative estimate of drug-likeness (QED) is 0.118. The lowest BCUT2D eigenvalue weighted by Gasteiger charge is -2.24. The second-order valence-corrected chi connectivity index (χ2v) is 12.6. The van der Waals surface area contributed by atoms with E-state index in [4.69, 9.17) is 23.9 Å². The van der Waals surface area contributed by atoms with E-state index in [0.717, 1.165) is 27.8 Å². The van der Waals surface area contributed by atoms with Gasteiger partial charge in [-0.2, -0.15) is 0 Å². The normalized spacial score (nSPS) is 17.4. The molecule has 45 heavy (non-hydrogen) atoms. The van der Waals surface area contributed by atoms with Crippen molar-refractivity contribution in [2.75, 3.05) is 31.3 Å². The lowest BCUT2D eigenvalue weighted by atomic mass is 9.95. The first kappa shape index (κ1) is 30.5. The summed E-state index contributed by atoms with van der Waals surface area (Å²) in [7, 11) is 0. The van der Waals surface area contributed by atoms with Gasteiger partial charge in [-0.05, 0) is 86.2 Å². The van der Waals surface area contributed by atoms with E-state index in [1.807, 2.05) is 32.9 Å². The molecule has 0 bridgehead atoms. The molecule has 1 N–H and O–H groups in total. The van der Waals surface area contributed by atoms with E-state index in [-0.39, 0.29) is 11.3 Å². The largest absolute Gasteiger partial charge is 0.507 e. The standard InChI is InChI=1S/C35H36N2O7S/c1-6-41-26-17-22(7-9-24(26)42-12-11-19(2)3)31-29(32(38)23-8-10-25-27(18-23)44-14-13-43-25)33(39)34(40)37(31)35-36-30-21(5)15-20(4)16-28(30)45-35/h7-10,15-19,31,38H,6,11-14H2,1-5H3/b32-29-. The molecule has 234 valence electrons. The number of Topliss-reactive ketones (excluding diaryl/α,β-unsaturated/α-hetero) is 1. The molecule has 3 heterocycles. The summed E-state index contributed by atoms with van der Waals surface area (Å²) in [4.78, 5) is 33.9. The van der Waals surface area contributed by atoms with Gasteiger partial charge in [0.15, 0.2) is 28.1 Å². The Morgan fingerprint density at radius 1 is 1.02 bits per heavy atom. The first-order valence-corrected chi connectivity index (χ1v) is 16.0. The second-order valence-electron chi connectivity index (χ2n) is 11.6. The van der Waals surface area contributed by atoms with Crippen molar-refractivity contribution in [3.8, 4) is 23.0 Å². The van der Waals surface area contributed by atoms with E-state index in [1.165, 1.54) is 16.2 Å². The molecule has 0 radical (unpaired) electrons. The number of rotatable bonds is 9. The zero-order valence-corrected chi connectivity index (χ0v) is 26.8. The number of aliphatic hydroxyl groups excluding tert-OH is 1. The minimum absolute atomic E-state index is 0.0558. The summed E-state index contributed by atoms with van der Waals surface area (Å²) in [6.45, 7) is 11.8. The number of aromatic nitrogens is 1. The van der Waals surface area contributed by atoms with Crippen LogP contribution in [0.1, 0.15) is 55.5 Å². The van der Waals surface area contributed by atoms with Gasteiger partial charge >= 0.3 is 5.91 Å². The van der Waals surface area contributed by atoms with Crippen LogP contribution < -0.4 is 23.8 Å². The van der Waals surface area contributed by atoms with Crippen molar-refractivity contribution in [3.63, 3.8) is 0 Å². The smallest absolute Gasteiger partial charge is 0.301 e. The van der Waals surface area contributed by atoms with E-state index < -0.39 is 17.7 Å². The highest BCUT2D eigenvalue weighted by Crippen LogP contribution is 2.47. The minimum atomic E-state index is -0.982. The molecule has 10 heteroatoms. The molecule has 4 aromatic rings. The molecule has 1 fully saturated rings. The van der Waals surface area contributed by atoms with Gasteiger partial charge < -0.3 is 24.1 Å². The molecule has 1 aromatic heterocycles. The summed E-state index contributed by atoms with van der Waals surface area (Å²) in [6, 6.07) is 13.4. The van der Waals surface area contributed by atoms with Crippen molar-refractivity contribution in [2.45, 2.75) is 47.1 Å². The van der Waals surface area contributed by atoms with Crippen LogP contribution in [-0.2, 0) is 9.59 Å². The average molecular weight is 629 g/mol. The van der Waals surface area contributed by atoms with Crippen LogP contribution in [0.25, 0.3) is 16.0 Å². The lowest BCUT2D eigenvalue weighted by Crippen LogP contribution is -2.29. The summed E-state index contributed by atoms with van der Waals surface area (Å²) in [5, 5.41) is 12.1. The van der Waals surface area contributed by atoms with Crippen LogP contribution in [0.2, 0.25) is 0 Å². The summed E-state index contributed by atoms with van der Waals surface area (Å²) in [5.74, 6) is 0.620. The number of ether oxygens (including phenoxy) is 4. The van der Waals surface area contributed by atoms with Crippen molar-refractivity contribution in [2.24, 2.45) is 5.92 Å². The van der Waals surface area contributed by atoms with E-state index in [1.54, 1.807) is 36.4 Å². The number of thiazole rings is 1. The Bertz CT molecular complexity index is 1830. The minimum Gasteiger partial charge on any atom is -0.507 e. The highest BCUT2D eigenvalue weighted by molar-refractivity contribution is 7.22. The third-order valence-electron chi connectivity index (χ3n) is 7.82. The van der Waals surface area contributed by atoms with Crippen molar-refractivity contribution in [1.29, 1.82) is 0 Å². The average Bonchev–Trinajstić information content (AvgIpc) is 3.55. The first-order valence-electron chi connectivity index (χ1n) is 15.1. The van der Waals surface area contributed by atoms with Crippen LogP contribution in [0.5, 0.6) is 23.0 Å². The number of anilines is 1. The molecule has 0 aliphatic carbocycles. The molecular weight excluding hydrogens is 592 g/mol. The molecule has 1 unspecified atom stereocenters. The zero-order chi connectivity index (χ0) is 31.8. The predicted molar refractivity (Wildman–Crippen MR) is 174 cm³/mol. The maximum Gasteiger partial charge on any atom is 0.301 e. The summed E-state index contributed by atoms with van der Waals surface area (Å²) < 4.78 is 24.3. The summed E-state index contributed by atoms with van der Waals surface area (Å²) in [6.07, 6.45) is 0.875. The van der Waals surface area contributed by atoms with Gasteiger partial charge in [-0.25, -0.2) is 4.98 Å². The fraction of sp³-hybridized carbons (Fsp3) is 0.343. The predicted octanol–water partition coefficient (Wildman–Crippen LogP) is 7.13. The lowest BCUT2D eigenvalue weighted by molar-refractivity contribution is -0.132. The Morgan fingerprint density at radius 2 is 1.80 bits per heavy atom. The number of fused-ring (bicyclic) bond motifs is 2. The Labute approximate surface area is 266 Å². The topological polar surface area (TPSA) is 107 Å². The molecular formula is C35H36N2O7S. The number of aryl methyl sites for hydroxylation is 2. The van der Waals surface area contributed by atoms with Crippen LogP contribution in [0.4, 0.5) is 5.13 Å². The number of amides is 1. The highest BCUT2D eigenvalue weighted by Gasteiger charge is 2.48.